The highest BCUT2D eigenvalue weighted by Crippen LogP contribution is 2.52. The highest BCUT2D eigenvalue weighted by molar-refractivity contribution is 5.70. The van der Waals surface area contributed by atoms with Gasteiger partial charge in [0.15, 0.2) is 0 Å². The Morgan fingerprint density at radius 3 is 2.20 bits per heavy atom. The molecule has 0 unspecified atom stereocenters. The lowest BCUT2D eigenvalue weighted by Crippen LogP contribution is -2.14. The van der Waals surface area contributed by atoms with Gasteiger partial charge in [-0.25, -0.2) is 0 Å². The molecule has 20 heavy (non-hydrogen) atoms. The molecule has 2 aliphatic carbocycles. The quantitative estimate of drug-likeness (QED) is 0.633. The summed E-state index contributed by atoms with van der Waals surface area (Å²) < 4.78 is 0. The lowest BCUT2D eigenvalue weighted by molar-refractivity contribution is 0.539. The van der Waals surface area contributed by atoms with E-state index in [4.69, 9.17) is 0 Å². The fourth-order valence-electron chi connectivity index (χ4n) is 4.11. The fraction of sp³-hybridized carbons (Fsp3) is 0.684. The topological polar surface area (TPSA) is 3.01 Å². The van der Waals surface area contributed by atoms with Crippen molar-refractivity contribution >= 4 is 0 Å². The maximum absolute atomic E-state index is 2.58. The number of rotatable bonds is 4. The van der Waals surface area contributed by atoms with Crippen LogP contribution in [0.5, 0.6) is 0 Å². The van der Waals surface area contributed by atoms with Crippen molar-refractivity contribution in [3.63, 3.8) is 0 Å². The first-order valence-corrected chi connectivity index (χ1v) is 8.74. The molecule has 3 aliphatic rings. The van der Waals surface area contributed by atoms with E-state index in [2.05, 4.69) is 25.7 Å². The van der Waals surface area contributed by atoms with E-state index < -0.39 is 0 Å². The summed E-state index contributed by atoms with van der Waals surface area (Å²) >= 11 is 0. The Morgan fingerprint density at radius 2 is 1.55 bits per heavy atom. The van der Waals surface area contributed by atoms with E-state index >= 15 is 0 Å². The minimum Gasteiger partial charge on any atom is -0.341 e. The lowest BCUT2D eigenvalue weighted by Gasteiger charge is -2.29. The Labute approximate surface area is 124 Å². The van der Waals surface area contributed by atoms with Crippen LogP contribution in [0.15, 0.2) is 33.7 Å². The molecule has 0 aromatic rings. The van der Waals surface area contributed by atoms with Crippen LogP contribution >= 0.6 is 0 Å². The van der Waals surface area contributed by atoms with Gasteiger partial charge in [0.1, 0.15) is 0 Å². The maximum atomic E-state index is 2.58. The third kappa shape index (κ3) is 2.25. The molecule has 0 aromatic carbocycles. The van der Waals surface area contributed by atoms with Gasteiger partial charge in [0.2, 0.25) is 0 Å². The van der Waals surface area contributed by atoms with Crippen LogP contribution in [0, 0.1) is 0 Å². The largest absolute Gasteiger partial charge is 0.341 e. The molecule has 0 spiro atoms. The first-order chi connectivity index (χ1) is 9.79. The summed E-state index contributed by atoms with van der Waals surface area (Å²) in [4.78, 5) is 2.58. The molecule has 1 aliphatic heterocycles. The molecule has 0 fully saturated rings. The Bertz CT molecular complexity index is 490. The molecule has 0 saturated heterocycles. The van der Waals surface area contributed by atoms with Crippen molar-refractivity contribution in [3.05, 3.63) is 33.7 Å². The van der Waals surface area contributed by atoms with Crippen molar-refractivity contribution in [3.8, 4) is 0 Å². The maximum Gasteiger partial charge on any atom is 0.0686 e. The van der Waals surface area contributed by atoms with Crippen molar-refractivity contribution in [2.24, 2.45) is 0 Å². The van der Waals surface area contributed by atoms with E-state index in [9.17, 15) is 0 Å². The predicted molar refractivity (Wildman–Crippen MR) is 86.4 cm³/mol. The molecule has 3 rings (SSSR count). The Kier molecular flexibility index (Phi) is 4.05. The summed E-state index contributed by atoms with van der Waals surface area (Å²) in [6.07, 6.45) is 12.3. The molecule has 1 heterocycles. The second kappa shape index (κ2) is 5.79. The Morgan fingerprint density at radius 1 is 0.900 bits per heavy atom. The summed E-state index contributed by atoms with van der Waals surface area (Å²) in [5.74, 6) is 0. The van der Waals surface area contributed by atoms with Crippen molar-refractivity contribution in [2.45, 2.75) is 78.6 Å². The summed E-state index contributed by atoms with van der Waals surface area (Å²) in [5, 5.41) is 0. The van der Waals surface area contributed by atoms with Crippen LogP contribution in [-0.2, 0) is 0 Å². The van der Waals surface area contributed by atoms with E-state index in [0.717, 1.165) is 0 Å². The highest BCUT2D eigenvalue weighted by Gasteiger charge is 2.40. The minimum absolute atomic E-state index is 1.20. The fourth-order valence-corrected chi connectivity index (χ4v) is 4.11. The molecule has 0 bridgehead atoms. The smallest absolute Gasteiger partial charge is 0.0686 e. The van der Waals surface area contributed by atoms with Gasteiger partial charge in [-0.1, -0.05) is 33.1 Å². The Balaban J connectivity index is 1.79. The van der Waals surface area contributed by atoms with Crippen molar-refractivity contribution in [2.75, 3.05) is 6.54 Å². The molecule has 0 atom stereocenters. The van der Waals surface area contributed by atoms with Gasteiger partial charge in [0.05, 0.1) is 5.70 Å². The van der Waals surface area contributed by atoms with Gasteiger partial charge in [-0.3, -0.25) is 0 Å². The van der Waals surface area contributed by atoms with E-state index in [1.807, 2.05) is 0 Å². The van der Waals surface area contributed by atoms with E-state index in [1.54, 1.807) is 33.7 Å². The lowest BCUT2D eigenvalue weighted by atomic mass is 9.76. The standard InChI is InChI=1S/C19H29N/c1-4-13-20-17(5-2)19(20)18-14(3)15-11-9-7-6-8-10-12-16(15)18/h4-13H2,1-3H3. The third-order valence-electron chi connectivity index (χ3n) is 5.19. The van der Waals surface area contributed by atoms with E-state index in [1.165, 1.54) is 64.3 Å². The van der Waals surface area contributed by atoms with Gasteiger partial charge >= 0.3 is 0 Å². The zero-order valence-electron chi connectivity index (χ0n) is 13.5. The van der Waals surface area contributed by atoms with Gasteiger partial charge in [0.25, 0.3) is 0 Å². The first-order valence-electron chi connectivity index (χ1n) is 8.74. The molecular formula is C19H29N. The minimum atomic E-state index is 1.20. The molecule has 1 nitrogen and oxygen atoms in total. The normalized spacial score (nSPS) is 23.2. The summed E-state index contributed by atoms with van der Waals surface area (Å²) in [7, 11) is 0. The summed E-state index contributed by atoms with van der Waals surface area (Å²) in [5.41, 5.74) is 9.99. The van der Waals surface area contributed by atoms with Gasteiger partial charge < -0.3 is 4.90 Å². The van der Waals surface area contributed by atoms with Gasteiger partial charge in [-0.2, -0.15) is 0 Å². The van der Waals surface area contributed by atoms with E-state index in [0.29, 0.717) is 0 Å². The zero-order valence-corrected chi connectivity index (χ0v) is 13.5. The van der Waals surface area contributed by atoms with Crippen LogP contribution in [-0.4, -0.2) is 11.4 Å². The number of hydrogen-bond acceptors (Lipinski definition) is 1. The van der Waals surface area contributed by atoms with Crippen molar-refractivity contribution < 1.29 is 0 Å². The van der Waals surface area contributed by atoms with Gasteiger partial charge in [0, 0.05) is 17.8 Å². The van der Waals surface area contributed by atoms with E-state index in [-0.39, 0.29) is 0 Å². The molecule has 0 amide bonds. The highest BCUT2D eigenvalue weighted by atomic mass is 15.3. The van der Waals surface area contributed by atoms with Crippen LogP contribution in [0.4, 0.5) is 0 Å². The number of allylic oxidation sites excluding steroid dienone is 4. The summed E-state index contributed by atoms with van der Waals surface area (Å²) in [6.45, 7) is 8.18. The molecule has 1 heteroatoms. The number of hydrogen-bond donors (Lipinski definition) is 0. The molecule has 0 aromatic heterocycles. The van der Waals surface area contributed by atoms with Crippen LogP contribution in [0.25, 0.3) is 0 Å². The van der Waals surface area contributed by atoms with Gasteiger partial charge in [-0.05, 0) is 62.2 Å². The average Bonchev–Trinajstić information content (AvgIpc) is 3.09. The van der Waals surface area contributed by atoms with Crippen LogP contribution in [0.2, 0.25) is 0 Å². The van der Waals surface area contributed by atoms with Crippen molar-refractivity contribution in [1.82, 2.24) is 4.90 Å². The third-order valence-corrected chi connectivity index (χ3v) is 5.19. The average molecular weight is 271 g/mol. The van der Waals surface area contributed by atoms with Gasteiger partial charge in [-0.15, -0.1) is 0 Å². The van der Waals surface area contributed by atoms with Crippen molar-refractivity contribution in [1.29, 1.82) is 0 Å². The second-order valence-corrected chi connectivity index (χ2v) is 6.53. The second-order valence-electron chi connectivity index (χ2n) is 6.53. The molecular weight excluding hydrogens is 242 g/mol. The van der Waals surface area contributed by atoms with Crippen LogP contribution in [0.3, 0.4) is 0 Å². The van der Waals surface area contributed by atoms with Crippen LogP contribution in [0.1, 0.15) is 78.6 Å². The van der Waals surface area contributed by atoms with Crippen LogP contribution < -0.4 is 0 Å². The predicted octanol–water partition coefficient (Wildman–Crippen LogP) is 5.70. The molecule has 0 saturated carbocycles. The first kappa shape index (κ1) is 14.0. The molecule has 110 valence electrons. The Hall–Kier alpha value is -0.980. The molecule has 0 N–H and O–H groups in total. The zero-order chi connectivity index (χ0) is 14.1. The summed E-state index contributed by atoms with van der Waals surface area (Å²) in [6, 6.07) is 0. The number of nitrogens with zero attached hydrogens (tertiary/aromatic N) is 1. The monoisotopic (exact) mass is 271 g/mol. The molecule has 0 radical (unpaired) electrons. The SMILES string of the molecule is CCCN1C(CC)=C1C1=C(C)C2=C1CCCCCCC2.